The van der Waals surface area contributed by atoms with Crippen LogP contribution in [0.3, 0.4) is 0 Å². The SMILES string of the molecule is CCCCCCC(CC)(CCCCCCCCC1c2ccc(O)cc2SCC1(C)c1ccc(O)cc1)C(=O)O. The molecule has 0 radical (unpaired) electrons. The maximum absolute atomic E-state index is 12.1. The normalized spacial score (nSPS) is 20.3. The molecule has 0 saturated carbocycles. The highest BCUT2D eigenvalue weighted by molar-refractivity contribution is 7.99. The van der Waals surface area contributed by atoms with E-state index in [1.54, 1.807) is 12.1 Å². The summed E-state index contributed by atoms with van der Waals surface area (Å²) in [6, 6.07) is 13.5. The minimum atomic E-state index is -0.600. The molecule has 0 saturated heterocycles. The Labute approximate surface area is 240 Å². The van der Waals surface area contributed by atoms with E-state index in [1.165, 1.54) is 41.7 Å². The average Bonchev–Trinajstić information content (AvgIpc) is 2.92. The van der Waals surface area contributed by atoms with Crippen LogP contribution in [-0.4, -0.2) is 27.0 Å². The smallest absolute Gasteiger partial charge is 0.309 e. The standard InChI is InChI=1S/C34H50O4S/c1-4-6-7-13-22-34(5-2,32(37)38)23-14-11-9-8-10-12-15-30-29-21-20-28(36)24-31(29)39-25-33(30,3)26-16-18-27(35)19-17-26/h16-21,24,30,35-36H,4-15,22-23,25H2,1-3H3,(H,37,38). The van der Waals surface area contributed by atoms with Crippen molar-refractivity contribution in [2.45, 2.75) is 127 Å². The van der Waals surface area contributed by atoms with E-state index in [9.17, 15) is 20.1 Å². The van der Waals surface area contributed by atoms with Crippen LogP contribution < -0.4 is 0 Å². The lowest BCUT2D eigenvalue weighted by Gasteiger charge is -2.43. The summed E-state index contributed by atoms with van der Waals surface area (Å²) < 4.78 is 0. The number of fused-ring (bicyclic) bond motifs is 1. The number of rotatable bonds is 17. The number of aromatic hydroxyl groups is 2. The lowest BCUT2D eigenvalue weighted by atomic mass is 9.68. The Kier molecular flexibility index (Phi) is 12.1. The average molecular weight is 555 g/mol. The minimum Gasteiger partial charge on any atom is -0.508 e. The lowest BCUT2D eigenvalue weighted by molar-refractivity contribution is -0.150. The molecule has 39 heavy (non-hydrogen) atoms. The third kappa shape index (κ3) is 8.19. The number of phenolic OH excluding ortho intramolecular Hbond substituents is 2. The van der Waals surface area contributed by atoms with Gasteiger partial charge in [-0.1, -0.05) is 103 Å². The van der Waals surface area contributed by atoms with Crippen LogP contribution in [0.1, 0.15) is 128 Å². The molecule has 4 nitrogen and oxygen atoms in total. The van der Waals surface area contributed by atoms with E-state index in [0.717, 1.165) is 70.0 Å². The van der Waals surface area contributed by atoms with E-state index in [2.05, 4.69) is 32.0 Å². The molecule has 2 aromatic rings. The van der Waals surface area contributed by atoms with Crippen molar-refractivity contribution in [3.05, 3.63) is 53.6 Å². The molecule has 1 aliphatic heterocycles. The quantitative estimate of drug-likeness (QED) is 0.170. The van der Waals surface area contributed by atoms with Crippen LogP contribution in [0.5, 0.6) is 11.5 Å². The second-order valence-corrected chi connectivity index (χ2v) is 13.0. The van der Waals surface area contributed by atoms with Crippen LogP contribution in [0.25, 0.3) is 0 Å². The van der Waals surface area contributed by atoms with Crippen molar-refractivity contribution >= 4 is 17.7 Å². The van der Waals surface area contributed by atoms with Crippen molar-refractivity contribution in [1.82, 2.24) is 0 Å². The van der Waals surface area contributed by atoms with Crippen molar-refractivity contribution in [1.29, 1.82) is 0 Å². The summed E-state index contributed by atoms with van der Waals surface area (Å²) in [6.45, 7) is 6.58. The largest absolute Gasteiger partial charge is 0.508 e. The van der Waals surface area contributed by atoms with Crippen LogP contribution in [0.15, 0.2) is 47.4 Å². The second kappa shape index (κ2) is 15.0. The third-order valence-corrected chi connectivity index (χ3v) is 10.6. The molecule has 0 amide bonds. The highest BCUT2D eigenvalue weighted by Gasteiger charge is 2.41. The van der Waals surface area contributed by atoms with E-state index < -0.39 is 11.4 Å². The van der Waals surface area contributed by atoms with Gasteiger partial charge in [0.05, 0.1) is 5.41 Å². The van der Waals surface area contributed by atoms with E-state index >= 15 is 0 Å². The molecule has 1 heterocycles. The Balaban J connectivity index is 1.51. The molecule has 3 atom stereocenters. The van der Waals surface area contributed by atoms with Gasteiger partial charge >= 0.3 is 5.97 Å². The van der Waals surface area contributed by atoms with Gasteiger partial charge in [0.25, 0.3) is 0 Å². The number of phenols is 2. The number of hydrogen-bond donors (Lipinski definition) is 3. The zero-order chi connectivity index (χ0) is 28.3. The van der Waals surface area contributed by atoms with Gasteiger partial charge in [0.1, 0.15) is 11.5 Å². The molecule has 216 valence electrons. The summed E-state index contributed by atoms with van der Waals surface area (Å²) in [5, 5.41) is 29.9. The van der Waals surface area contributed by atoms with Gasteiger partial charge in [0.15, 0.2) is 0 Å². The number of hydrogen-bond acceptors (Lipinski definition) is 4. The molecule has 0 fully saturated rings. The molecule has 2 aromatic carbocycles. The Morgan fingerprint density at radius 2 is 1.46 bits per heavy atom. The van der Waals surface area contributed by atoms with Gasteiger partial charge in [-0.2, -0.15) is 0 Å². The predicted molar refractivity (Wildman–Crippen MR) is 163 cm³/mol. The van der Waals surface area contributed by atoms with Gasteiger partial charge < -0.3 is 15.3 Å². The Morgan fingerprint density at radius 3 is 2.08 bits per heavy atom. The number of carboxylic acid groups (broad SMARTS) is 1. The van der Waals surface area contributed by atoms with Gasteiger partial charge in [-0.3, -0.25) is 4.79 Å². The van der Waals surface area contributed by atoms with Crippen LogP contribution in [-0.2, 0) is 10.2 Å². The minimum absolute atomic E-state index is 0.0419. The fourth-order valence-corrected chi connectivity index (χ4v) is 7.87. The van der Waals surface area contributed by atoms with E-state index in [4.69, 9.17) is 0 Å². The van der Waals surface area contributed by atoms with E-state index in [-0.39, 0.29) is 5.41 Å². The maximum Gasteiger partial charge on any atom is 0.309 e. The molecule has 0 aliphatic carbocycles. The molecule has 3 N–H and O–H groups in total. The highest BCUT2D eigenvalue weighted by atomic mass is 32.2. The van der Waals surface area contributed by atoms with Gasteiger partial charge in [0.2, 0.25) is 0 Å². The number of unbranched alkanes of at least 4 members (excludes halogenated alkanes) is 8. The van der Waals surface area contributed by atoms with Crippen molar-refractivity contribution in [2.24, 2.45) is 5.41 Å². The van der Waals surface area contributed by atoms with E-state index in [1.807, 2.05) is 30.8 Å². The van der Waals surface area contributed by atoms with Crippen molar-refractivity contribution in [3.63, 3.8) is 0 Å². The fraction of sp³-hybridized carbons (Fsp3) is 0.618. The zero-order valence-corrected chi connectivity index (χ0v) is 25.2. The lowest BCUT2D eigenvalue weighted by Crippen LogP contribution is -2.36. The monoisotopic (exact) mass is 554 g/mol. The molecule has 3 rings (SSSR count). The number of benzene rings is 2. The second-order valence-electron chi connectivity index (χ2n) is 11.9. The van der Waals surface area contributed by atoms with Crippen LogP contribution in [0, 0.1) is 5.41 Å². The number of aliphatic carboxylic acids is 1. The Bertz CT molecular complexity index is 1040. The van der Waals surface area contributed by atoms with Crippen molar-refractivity contribution in [3.8, 4) is 11.5 Å². The topological polar surface area (TPSA) is 77.8 Å². The van der Waals surface area contributed by atoms with Gasteiger partial charge in [-0.15, -0.1) is 11.8 Å². The van der Waals surface area contributed by atoms with Crippen molar-refractivity contribution < 1.29 is 20.1 Å². The molecular weight excluding hydrogens is 504 g/mol. The first-order valence-electron chi connectivity index (χ1n) is 15.2. The molecule has 0 spiro atoms. The highest BCUT2D eigenvalue weighted by Crippen LogP contribution is 2.52. The van der Waals surface area contributed by atoms with Crippen LogP contribution >= 0.6 is 11.8 Å². The first-order valence-corrected chi connectivity index (χ1v) is 16.2. The molecule has 5 heteroatoms. The first kappa shape index (κ1) is 31.4. The molecular formula is C34H50O4S. The summed E-state index contributed by atoms with van der Waals surface area (Å²) in [6.07, 6.45) is 14.8. The summed E-state index contributed by atoms with van der Waals surface area (Å²) in [4.78, 5) is 13.3. The Morgan fingerprint density at radius 1 is 0.872 bits per heavy atom. The molecule has 0 bridgehead atoms. The number of thioether (sulfide) groups is 1. The van der Waals surface area contributed by atoms with Gasteiger partial charge in [-0.05, 0) is 67.0 Å². The number of carbonyl (C=O) groups is 1. The van der Waals surface area contributed by atoms with Gasteiger partial charge in [-0.25, -0.2) is 0 Å². The summed E-state index contributed by atoms with van der Waals surface area (Å²) in [5.41, 5.74) is 2.00. The summed E-state index contributed by atoms with van der Waals surface area (Å²) in [5.74, 6) is 1.32. The van der Waals surface area contributed by atoms with Gasteiger partial charge in [0, 0.05) is 16.1 Å². The predicted octanol–water partition coefficient (Wildman–Crippen LogP) is 9.82. The van der Waals surface area contributed by atoms with E-state index in [0.29, 0.717) is 17.4 Å². The van der Waals surface area contributed by atoms with Crippen LogP contribution in [0.4, 0.5) is 0 Å². The zero-order valence-electron chi connectivity index (χ0n) is 24.4. The van der Waals surface area contributed by atoms with Crippen LogP contribution in [0.2, 0.25) is 0 Å². The summed E-state index contributed by atoms with van der Waals surface area (Å²) >= 11 is 1.81. The fourth-order valence-electron chi connectivity index (χ4n) is 6.46. The molecule has 3 unspecified atom stereocenters. The summed E-state index contributed by atoms with van der Waals surface area (Å²) in [7, 11) is 0. The molecule has 0 aromatic heterocycles. The maximum atomic E-state index is 12.1. The first-order chi connectivity index (χ1) is 18.8. The third-order valence-electron chi connectivity index (χ3n) is 9.23. The number of carboxylic acids is 1. The Hall–Kier alpha value is -2.14. The van der Waals surface area contributed by atoms with Crippen molar-refractivity contribution in [2.75, 3.05) is 5.75 Å². The molecule has 1 aliphatic rings.